The van der Waals surface area contributed by atoms with Crippen molar-refractivity contribution < 1.29 is 19.1 Å². The summed E-state index contributed by atoms with van der Waals surface area (Å²) in [7, 11) is -4.34. The monoisotopic (exact) mass is 594 g/mol. The summed E-state index contributed by atoms with van der Waals surface area (Å²) in [6.07, 6.45) is 6.29. The van der Waals surface area contributed by atoms with E-state index in [1.54, 1.807) is 0 Å². The first-order valence-corrected chi connectivity index (χ1v) is 21.7. The Morgan fingerprint density at radius 1 is 0.725 bits per heavy atom. The summed E-state index contributed by atoms with van der Waals surface area (Å²) in [5, 5.41) is 25.3. The average molecular weight is 595 g/mol. The zero-order valence-corrected chi connectivity index (χ0v) is 31.2. The Balaban J connectivity index is 2.92. The van der Waals surface area contributed by atoms with Crippen molar-refractivity contribution in [3.05, 3.63) is 23.3 Å². The molecule has 0 unspecified atom stereocenters. The van der Waals surface area contributed by atoms with E-state index in [9.17, 15) is 10.2 Å². The fourth-order valence-corrected chi connectivity index (χ4v) is 8.57. The van der Waals surface area contributed by atoms with Gasteiger partial charge in [-0.2, -0.15) is 0 Å². The fourth-order valence-electron chi connectivity index (χ4n) is 6.52. The third-order valence-corrected chi connectivity index (χ3v) is 20.6. The number of aliphatic hydroxyl groups excluding tert-OH is 2. The molecule has 0 aliphatic heterocycles. The molecule has 40 heavy (non-hydrogen) atoms. The number of unbranched alkanes of at least 4 members (excludes halogenated alkanes) is 1. The van der Waals surface area contributed by atoms with Gasteiger partial charge in [0.1, 0.15) is 0 Å². The van der Waals surface area contributed by atoms with Gasteiger partial charge in [0.15, 0.2) is 16.6 Å². The lowest BCUT2D eigenvalue weighted by molar-refractivity contribution is -0.179. The van der Waals surface area contributed by atoms with Gasteiger partial charge in [-0.3, -0.25) is 0 Å². The second-order valence-corrected chi connectivity index (χ2v) is 26.9. The molecule has 0 heterocycles. The third-order valence-electron chi connectivity index (χ3n) is 11.7. The summed E-state index contributed by atoms with van der Waals surface area (Å²) in [5.74, 6) is -0.0510. The van der Waals surface area contributed by atoms with E-state index in [1.165, 1.54) is 0 Å². The van der Waals surface area contributed by atoms with Crippen LogP contribution in [0.2, 0.25) is 36.3 Å². The SMILES string of the molecule is CCCC[C@@H]1C=C(C)[C@]2(CO[Si](C)(C)C(C)(C)C)[C@H](O)[C@H](C(C)(C)C)C=C(C)[C@]2(CO[Si](C)(C)C(C)(C)C)[C@@H]1O. The smallest absolute Gasteiger partial charge is 0.192 e. The van der Waals surface area contributed by atoms with E-state index >= 15 is 0 Å². The Kier molecular flexibility index (Phi) is 10.5. The van der Waals surface area contributed by atoms with Crippen LogP contribution < -0.4 is 0 Å². The maximum Gasteiger partial charge on any atom is 0.192 e. The quantitative estimate of drug-likeness (QED) is 0.206. The maximum atomic E-state index is 12.7. The normalized spacial score (nSPS) is 32.5. The zero-order valence-electron chi connectivity index (χ0n) is 29.2. The second-order valence-electron chi connectivity index (χ2n) is 17.3. The van der Waals surface area contributed by atoms with Crippen LogP contribution in [0.4, 0.5) is 0 Å². The van der Waals surface area contributed by atoms with E-state index in [0.717, 1.165) is 30.4 Å². The number of rotatable bonds is 9. The first-order valence-electron chi connectivity index (χ1n) is 15.9. The molecular formula is C34H66O4Si2. The molecule has 4 nitrogen and oxygen atoms in total. The third kappa shape index (κ3) is 6.19. The number of fused-ring (bicyclic) bond motifs is 1. The van der Waals surface area contributed by atoms with Crippen molar-refractivity contribution >= 4 is 16.6 Å². The molecule has 0 aromatic heterocycles. The van der Waals surface area contributed by atoms with Crippen molar-refractivity contribution in [3.8, 4) is 0 Å². The van der Waals surface area contributed by atoms with E-state index in [2.05, 4.69) is 121 Å². The Morgan fingerprint density at radius 3 is 1.50 bits per heavy atom. The molecule has 2 rings (SSSR count). The van der Waals surface area contributed by atoms with Crippen LogP contribution in [0.25, 0.3) is 0 Å². The van der Waals surface area contributed by atoms with Gasteiger partial charge in [0.25, 0.3) is 0 Å². The molecule has 0 radical (unpaired) electrons. The van der Waals surface area contributed by atoms with Gasteiger partial charge in [-0.05, 0) is 61.9 Å². The first kappa shape index (κ1) is 35.9. The highest BCUT2D eigenvalue weighted by atomic mass is 28.4. The van der Waals surface area contributed by atoms with E-state index < -0.39 is 39.7 Å². The lowest BCUT2D eigenvalue weighted by atomic mass is 9.43. The predicted molar refractivity (Wildman–Crippen MR) is 177 cm³/mol. The van der Waals surface area contributed by atoms with Gasteiger partial charge >= 0.3 is 0 Å². The molecule has 0 saturated heterocycles. The van der Waals surface area contributed by atoms with E-state index in [4.69, 9.17) is 8.85 Å². The molecule has 0 spiro atoms. The van der Waals surface area contributed by atoms with Crippen LogP contribution in [0.5, 0.6) is 0 Å². The van der Waals surface area contributed by atoms with Gasteiger partial charge in [-0.15, -0.1) is 0 Å². The molecule has 0 bridgehead atoms. The lowest BCUT2D eigenvalue weighted by Gasteiger charge is -2.65. The maximum absolute atomic E-state index is 12.7. The Hall–Kier alpha value is -0.246. The fraction of sp³-hybridized carbons (Fsp3) is 0.882. The van der Waals surface area contributed by atoms with Crippen molar-refractivity contribution in [1.82, 2.24) is 0 Å². The molecule has 0 saturated carbocycles. The molecule has 0 aromatic carbocycles. The van der Waals surface area contributed by atoms with Gasteiger partial charge < -0.3 is 19.1 Å². The van der Waals surface area contributed by atoms with Gasteiger partial charge in [0.05, 0.1) is 23.0 Å². The molecule has 0 fully saturated rings. The van der Waals surface area contributed by atoms with Crippen LogP contribution in [0, 0.1) is 28.1 Å². The average Bonchev–Trinajstić information content (AvgIpc) is 2.78. The molecular weight excluding hydrogens is 529 g/mol. The summed E-state index contributed by atoms with van der Waals surface area (Å²) in [4.78, 5) is 0. The highest BCUT2D eigenvalue weighted by Gasteiger charge is 2.68. The largest absolute Gasteiger partial charge is 0.416 e. The van der Waals surface area contributed by atoms with Crippen LogP contribution >= 0.6 is 0 Å². The van der Waals surface area contributed by atoms with E-state index in [-0.39, 0.29) is 27.3 Å². The molecule has 2 aliphatic carbocycles. The molecule has 2 aliphatic rings. The molecule has 0 amide bonds. The Labute approximate surface area is 250 Å². The molecule has 234 valence electrons. The van der Waals surface area contributed by atoms with E-state index in [0.29, 0.717) is 13.2 Å². The Bertz CT molecular complexity index is 946. The minimum Gasteiger partial charge on any atom is -0.416 e. The first-order chi connectivity index (χ1) is 17.8. The van der Waals surface area contributed by atoms with Crippen molar-refractivity contribution in [1.29, 1.82) is 0 Å². The van der Waals surface area contributed by atoms with Gasteiger partial charge in [-0.1, -0.05) is 105 Å². The van der Waals surface area contributed by atoms with Crippen molar-refractivity contribution in [3.63, 3.8) is 0 Å². The van der Waals surface area contributed by atoms with Crippen LogP contribution in [0.1, 0.15) is 102 Å². The van der Waals surface area contributed by atoms with Crippen LogP contribution in [-0.2, 0) is 8.85 Å². The number of hydrogen-bond acceptors (Lipinski definition) is 4. The summed E-state index contributed by atoms with van der Waals surface area (Å²) >= 11 is 0. The minimum absolute atomic E-state index is 0.0192. The number of hydrogen-bond donors (Lipinski definition) is 2. The topological polar surface area (TPSA) is 58.9 Å². The summed E-state index contributed by atoms with van der Waals surface area (Å²) in [6, 6.07) is 0. The van der Waals surface area contributed by atoms with Gasteiger partial charge in [0, 0.05) is 25.0 Å². The summed E-state index contributed by atoms with van der Waals surface area (Å²) in [5.41, 5.74) is 0.594. The molecule has 6 atom stereocenters. The second kappa shape index (κ2) is 11.7. The van der Waals surface area contributed by atoms with Crippen molar-refractivity contribution in [2.75, 3.05) is 13.2 Å². The van der Waals surface area contributed by atoms with Crippen LogP contribution in [0.15, 0.2) is 23.3 Å². The lowest BCUT2D eigenvalue weighted by Crippen LogP contribution is -2.70. The standard InChI is InChI=1S/C34H66O4Si2/c1-17-18-19-26-20-24(2)34(23-38-40(15,16)32(10,11)12)29(36)27(30(4,5)6)21-25(3)33(34,28(26)35)22-37-39(13,14)31(7,8)9/h20-21,26-29,35-36H,17-19,22-23H2,1-16H3/t26-,27-,28-,29-,33-,34-/m1/s1. The highest BCUT2D eigenvalue weighted by Crippen LogP contribution is 2.65. The predicted octanol–water partition coefficient (Wildman–Crippen LogP) is 9.11. The molecule has 2 N–H and O–H groups in total. The zero-order chi connectivity index (χ0) is 31.3. The Morgan fingerprint density at radius 2 is 1.12 bits per heavy atom. The minimum atomic E-state index is -2.17. The summed E-state index contributed by atoms with van der Waals surface area (Å²) < 4.78 is 14.2. The highest BCUT2D eigenvalue weighted by molar-refractivity contribution is 6.74. The van der Waals surface area contributed by atoms with Crippen molar-refractivity contribution in [2.24, 2.45) is 28.1 Å². The molecule has 6 heteroatoms. The number of aliphatic hydroxyl groups is 2. The van der Waals surface area contributed by atoms with Gasteiger partial charge in [-0.25, -0.2) is 0 Å². The van der Waals surface area contributed by atoms with Gasteiger partial charge in [0.2, 0.25) is 0 Å². The van der Waals surface area contributed by atoms with Crippen LogP contribution in [-0.4, -0.2) is 52.3 Å². The van der Waals surface area contributed by atoms with Crippen LogP contribution in [0.3, 0.4) is 0 Å². The van der Waals surface area contributed by atoms with Crippen molar-refractivity contribution in [2.45, 2.75) is 151 Å². The van der Waals surface area contributed by atoms with E-state index in [1.807, 2.05) is 0 Å². The summed E-state index contributed by atoms with van der Waals surface area (Å²) in [6.45, 7) is 36.8. The molecule has 0 aromatic rings.